The summed E-state index contributed by atoms with van der Waals surface area (Å²) >= 11 is 1.32. The quantitative estimate of drug-likeness (QED) is 0.695. The molecule has 2 aromatic rings. The van der Waals surface area contributed by atoms with Gasteiger partial charge in [0.1, 0.15) is 0 Å². The van der Waals surface area contributed by atoms with E-state index in [1.54, 1.807) is 11.8 Å². The first-order valence-corrected chi connectivity index (χ1v) is 12.5. The lowest BCUT2D eigenvalue weighted by molar-refractivity contribution is 0.0730. The average Bonchev–Trinajstić information content (AvgIpc) is 3.21. The lowest BCUT2D eigenvalue weighted by Gasteiger charge is -2.26. The fourth-order valence-corrected chi connectivity index (χ4v) is 5.93. The topological polar surface area (TPSA) is 118 Å². The van der Waals surface area contributed by atoms with E-state index >= 15 is 0 Å². The Hall–Kier alpha value is -2.54. The Morgan fingerprint density at radius 1 is 1.19 bits per heavy atom. The highest BCUT2D eigenvalue weighted by molar-refractivity contribution is 7.89. The second kappa shape index (κ2) is 9.53. The molecule has 2 aliphatic rings. The molecule has 172 valence electrons. The molecule has 0 atom stereocenters. The van der Waals surface area contributed by atoms with Crippen LogP contribution in [0.3, 0.4) is 0 Å². The molecule has 0 spiro atoms. The number of sulfonamides is 1. The average molecular weight is 481 g/mol. The van der Waals surface area contributed by atoms with Crippen molar-refractivity contribution in [1.29, 1.82) is 0 Å². The van der Waals surface area contributed by atoms with Crippen LogP contribution < -0.4 is 5.32 Å². The van der Waals surface area contributed by atoms with Crippen molar-refractivity contribution in [3.05, 3.63) is 40.4 Å². The van der Waals surface area contributed by atoms with Crippen molar-refractivity contribution in [2.45, 2.75) is 24.8 Å². The standard InChI is InChI=1S/C20H24N4O6S2/c1-2-30-20(26)23-8-7-16-17(13-23)31-19(21-16)22-18(25)14-3-5-15(6-4-14)32(27,28)24-9-11-29-12-10-24/h3-6H,2,7-13H2,1H3,(H,21,22,25). The van der Waals surface area contributed by atoms with Gasteiger partial charge in [-0.1, -0.05) is 11.3 Å². The summed E-state index contributed by atoms with van der Waals surface area (Å²) in [4.78, 5) is 31.7. The van der Waals surface area contributed by atoms with Gasteiger partial charge in [0.2, 0.25) is 10.0 Å². The normalized spacial score (nSPS) is 17.0. The van der Waals surface area contributed by atoms with Gasteiger partial charge in [-0.3, -0.25) is 10.1 Å². The number of carbonyl (C=O) groups excluding carboxylic acids is 2. The number of aromatic nitrogens is 1. The number of nitrogens with one attached hydrogen (secondary N) is 1. The molecule has 1 saturated heterocycles. The number of thiazole rings is 1. The van der Waals surface area contributed by atoms with E-state index in [1.165, 1.54) is 39.9 Å². The number of amides is 2. The highest BCUT2D eigenvalue weighted by atomic mass is 32.2. The van der Waals surface area contributed by atoms with Gasteiger partial charge in [0.15, 0.2) is 5.13 Å². The minimum atomic E-state index is -3.61. The molecular weight excluding hydrogens is 456 g/mol. The van der Waals surface area contributed by atoms with E-state index in [-0.39, 0.29) is 16.9 Å². The molecule has 0 saturated carbocycles. The molecule has 1 fully saturated rings. The highest BCUT2D eigenvalue weighted by Gasteiger charge is 2.27. The third-order valence-electron chi connectivity index (χ3n) is 5.20. The molecule has 2 amide bonds. The Morgan fingerprint density at radius 2 is 1.91 bits per heavy atom. The zero-order valence-electron chi connectivity index (χ0n) is 17.6. The molecule has 12 heteroatoms. The van der Waals surface area contributed by atoms with Crippen LogP contribution in [-0.2, 0) is 32.5 Å². The Morgan fingerprint density at radius 3 is 2.59 bits per heavy atom. The van der Waals surface area contributed by atoms with Gasteiger partial charge in [0.25, 0.3) is 5.91 Å². The number of nitrogens with zero attached hydrogens (tertiary/aromatic N) is 3. The van der Waals surface area contributed by atoms with Crippen LogP contribution in [0.25, 0.3) is 0 Å². The van der Waals surface area contributed by atoms with Crippen molar-refractivity contribution in [1.82, 2.24) is 14.2 Å². The van der Waals surface area contributed by atoms with Crippen LogP contribution in [0.4, 0.5) is 9.93 Å². The number of fused-ring (bicyclic) bond motifs is 1. The third-order valence-corrected chi connectivity index (χ3v) is 8.11. The van der Waals surface area contributed by atoms with Crippen LogP contribution in [0.5, 0.6) is 0 Å². The molecule has 1 aromatic heterocycles. The SMILES string of the molecule is CCOC(=O)N1CCc2nc(NC(=O)c3ccc(S(=O)(=O)N4CCOCC4)cc3)sc2C1. The van der Waals surface area contributed by atoms with Gasteiger partial charge in [0, 0.05) is 36.5 Å². The summed E-state index contributed by atoms with van der Waals surface area (Å²) in [6, 6.07) is 5.84. The summed E-state index contributed by atoms with van der Waals surface area (Å²) in [6.45, 7) is 4.36. The summed E-state index contributed by atoms with van der Waals surface area (Å²) < 4.78 is 37.1. The van der Waals surface area contributed by atoms with Crippen LogP contribution >= 0.6 is 11.3 Å². The van der Waals surface area contributed by atoms with E-state index in [2.05, 4.69) is 10.3 Å². The largest absolute Gasteiger partial charge is 0.450 e. The Balaban J connectivity index is 1.41. The second-order valence-corrected chi connectivity index (χ2v) is 10.3. The number of carbonyl (C=O) groups is 2. The maximum absolute atomic E-state index is 12.7. The van der Waals surface area contributed by atoms with Crippen LogP contribution in [-0.4, -0.2) is 74.1 Å². The predicted octanol–water partition coefficient (Wildman–Crippen LogP) is 1.93. The summed E-state index contributed by atoms with van der Waals surface area (Å²) in [5.74, 6) is -0.381. The van der Waals surface area contributed by atoms with E-state index < -0.39 is 10.0 Å². The molecule has 3 heterocycles. The zero-order valence-corrected chi connectivity index (χ0v) is 19.2. The lowest BCUT2D eigenvalue weighted by atomic mass is 10.2. The monoisotopic (exact) mass is 480 g/mol. The van der Waals surface area contributed by atoms with Gasteiger partial charge in [0.05, 0.1) is 37.0 Å². The number of ether oxygens (including phenoxy) is 2. The Kier molecular flexibility index (Phi) is 6.74. The maximum atomic E-state index is 12.7. The molecule has 1 aromatic carbocycles. The summed E-state index contributed by atoms with van der Waals surface area (Å²) in [5.41, 5.74) is 1.19. The molecule has 10 nitrogen and oxygen atoms in total. The van der Waals surface area contributed by atoms with Crippen molar-refractivity contribution >= 4 is 38.5 Å². The molecule has 0 aliphatic carbocycles. The summed E-state index contributed by atoms with van der Waals surface area (Å²) in [7, 11) is -3.61. The van der Waals surface area contributed by atoms with E-state index in [0.717, 1.165) is 10.6 Å². The number of hydrogen-bond donors (Lipinski definition) is 1. The van der Waals surface area contributed by atoms with Crippen molar-refractivity contribution in [2.24, 2.45) is 0 Å². The smallest absolute Gasteiger partial charge is 0.410 e. The molecule has 4 rings (SSSR count). The highest BCUT2D eigenvalue weighted by Crippen LogP contribution is 2.29. The van der Waals surface area contributed by atoms with E-state index in [0.29, 0.717) is 63.1 Å². The van der Waals surface area contributed by atoms with E-state index in [9.17, 15) is 18.0 Å². The van der Waals surface area contributed by atoms with Crippen LogP contribution in [0.2, 0.25) is 0 Å². The van der Waals surface area contributed by atoms with Crippen molar-refractivity contribution in [2.75, 3.05) is 44.8 Å². The van der Waals surface area contributed by atoms with Gasteiger partial charge in [-0.2, -0.15) is 4.31 Å². The van der Waals surface area contributed by atoms with Crippen molar-refractivity contribution in [3.8, 4) is 0 Å². The van der Waals surface area contributed by atoms with E-state index in [4.69, 9.17) is 9.47 Å². The van der Waals surface area contributed by atoms with E-state index in [1.807, 2.05) is 0 Å². The third kappa shape index (κ3) is 4.77. The first-order valence-electron chi connectivity index (χ1n) is 10.3. The van der Waals surface area contributed by atoms with Gasteiger partial charge in [-0.25, -0.2) is 18.2 Å². The fourth-order valence-electron chi connectivity index (χ4n) is 3.50. The van der Waals surface area contributed by atoms with Crippen LogP contribution in [0.15, 0.2) is 29.2 Å². The minimum absolute atomic E-state index is 0.139. The molecular formula is C20H24N4O6S2. The lowest BCUT2D eigenvalue weighted by Crippen LogP contribution is -2.40. The maximum Gasteiger partial charge on any atom is 0.410 e. The Labute approximate surface area is 190 Å². The van der Waals surface area contributed by atoms with Crippen LogP contribution in [0.1, 0.15) is 27.9 Å². The van der Waals surface area contributed by atoms with Crippen molar-refractivity contribution in [3.63, 3.8) is 0 Å². The van der Waals surface area contributed by atoms with Gasteiger partial charge < -0.3 is 14.4 Å². The number of benzene rings is 1. The predicted molar refractivity (Wildman–Crippen MR) is 117 cm³/mol. The molecule has 1 N–H and O–H groups in total. The number of rotatable bonds is 5. The fraction of sp³-hybridized carbons (Fsp3) is 0.450. The first kappa shape index (κ1) is 22.6. The summed E-state index contributed by atoms with van der Waals surface area (Å²) in [6.07, 6.45) is 0.235. The minimum Gasteiger partial charge on any atom is -0.450 e. The second-order valence-electron chi connectivity index (χ2n) is 7.25. The number of hydrogen-bond acceptors (Lipinski definition) is 8. The van der Waals surface area contributed by atoms with Crippen molar-refractivity contribution < 1.29 is 27.5 Å². The molecule has 0 unspecified atom stereocenters. The summed E-state index contributed by atoms with van der Waals surface area (Å²) in [5, 5.41) is 3.20. The molecule has 32 heavy (non-hydrogen) atoms. The number of morpholine rings is 1. The zero-order chi connectivity index (χ0) is 22.7. The first-order chi connectivity index (χ1) is 15.4. The molecule has 0 radical (unpaired) electrons. The Bertz CT molecular complexity index is 1090. The van der Waals surface area contributed by atoms with Gasteiger partial charge >= 0.3 is 6.09 Å². The number of anilines is 1. The molecule has 0 bridgehead atoms. The van der Waals surface area contributed by atoms with Gasteiger partial charge in [-0.05, 0) is 31.2 Å². The van der Waals surface area contributed by atoms with Gasteiger partial charge in [-0.15, -0.1) is 0 Å². The van der Waals surface area contributed by atoms with Crippen LogP contribution in [0, 0.1) is 0 Å². The molecule has 2 aliphatic heterocycles.